The molecule has 1 aromatic heterocycles. The lowest BCUT2D eigenvalue weighted by Crippen LogP contribution is -2.11. The van der Waals surface area contributed by atoms with Gasteiger partial charge in [-0.25, -0.2) is 13.4 Å². The number of ether oxygens (including phenoxy) is 1. The van der Waals surface area contributed by atoms with Crippen LogP contribution in [0.4, 0.5) is 5.69 Å². The summed E-state index contributed by atoms with van der Waals surface area (Å²) in [4.78, 5) is 17.2. The SMILES string of the molecule is COc1ccc(NC(=O)c2ccc(-c3nc(CS(=O)(=O)c4ccc(C)cc4)c(C)o3)cc2)cc1. The number of carbonyl (C=O) groups is 1. The molecule has 0 bridgehead atoms. The Morgan fingerprint density at radius 1 is 0.941 bits per heavy atom. The molecule has 0 saturated heterocycles. The Hall–Kier alpha value is -3.91. The number of nitrogens with one attached hydrogen (secondary N) is 1. The van der Waals surface area contributed by atoms with Gasteiger partial charge in [-0.3, -0.25) is 4.79 Å². The van der Waals surface area contributed by atoms with Gasteiger partial charge in [-0.15, -0.1) is 0 Å². The molecule has 0 aliphatic rings. The van der Waals surface area contributed by atoms with E-state index < -0.39 is 9.84 Å². The van der Waals surface area contributed by atoms with Gasteiger partial charge in [0.05, 0.1) is 17.7 Å². The maximum Gasteiger partial charge on any atom is 0.255 e. The molecule has 174 valence electrons. The average Bonchev–Trinajstić information content (AvgIpc) is 3.19. The first-order chi connectivity index (χ1) is 16.2. The molecule has 7 nitrogen and oxygen atoms in total. The van der Waals surface area contributed by atoms with Crippen molar-refractivity contribution in [1.29, 1.82) is 0 Å². The van der Waals surface area contributed by atoms with Gasteiger partial charge in [-0.2, -0.15) is 0 Å². The summed E-state index contributed by atoms with van der Waals surface area (Å²) < 4.78 is 36.4. The molecular weight excluding hydrogens is 452 g/mol. The molecular formula is C26H24N2O5S. The highest BCUT2D eigenvalue weighted by molar-refractivity contribution is 7.90. The van der Waals surface area contributed by atoms with Gasteiger partial charge >= 0.3 is 0 Å². The molecule has 0 saturated carbocycles. The Labute approximate surface area is 198 Å². The van der Waals surface area contributed by atoms with Gasteiger partial charge in [0.1, 0.15) is 17.3 Å². The summed E-state index contributed by atoms with van der Waals surface area (Å²) in [6, 6.07) is 20.5. The topological polar surface area (TPSA) is 98.5 Å². The van der Waals surface area contributed by atoms with Crippen molar-refractivity contribution < 1.29 is 22.4 Å². The number of benzene rings is 3. The van der Waals surface area contributed by atoms with Crippen molar-refractivity contribution in [3.8, 4) is 17.2 Å². The molecule has 0 spiro atoms. The molecule has 0 radical (unpaired) electrons. The van der Waals surface area contributed by atoms with Crippen molar-refractivity contribution in [2.75, 3.05) is 12.4 Å². The van der Waals surface area contributed by atoms with Crippen LogP contribution in [-0.2, 0) is 15.6 Å². The van der Waals surface area contributed by atoms with E-state index in [9.17, 15) is 13.2 Å². The number of sulfone groups is 1. The first kappa shape index (κ1) is 23.3. The number of methoxy groups -OCH3 is 1. The number of oxazole rings is 1. The number of rotatable bonds is 7. The zero-order chi connectivity index (χ0) is 24.3. The quantitative estimate of drug-likeness (QED) is 0.394. The molecule has 1 amide bonds. The van der Waals surface area contributed by atoms with E-state index in [1.807, 2.05) is 6.92 Å². The van der Waals surface area contributed by atoms with Crippen molar-refractivity contribution >= 4 is 21.4 Å². The molecule has 0 fully saturated rings. The summed E-state index contributed by atoms with van der Waals surface area (Å²) in [6.45, 7) is 3.59. The number of anilines is 1. The third-order valence-corrected chi connectivity index (χ3v) is 6.99. The fourth-order valence-corrected chi connectivity index (χ4v) is 4.68. The van der Waals surface area contributed by atoms with Gasteiger partial charge in [0, 0.05) is 16.8 Å². The Kier molecular flexibility index (Phi) is 6.51. The lowest BCUT2D eigenvalue weighted by atomic mass is 10.1. The molecule has 0 atom stereocenters. The van der Waals surface area contributed by atoms with Crippen LogP contribution >= 0.6 is 0 Å². The van der Waals surface area contributed by atoms with Crippen LogP contribution in [0, 0.1) is 13.8 Å². The van der Waals surface area contributed by atoms with Crippen molar-refractivity contribution in [2.24, 2.45) is 0 Å². The van der Waals surface area contributed by atoms with Crippen molar-refractivity contribution in [3.63, 3.8) is 0 Å². The predicted molar refractivity (Wildman–Crippen MR) is 130 cm³/mol. The van der Waals surface area contributed by atoms with Crippen molar-refractivity contribution in [3.05, 3.63) is 95.4 Å². The van der Waals surface area contributed by atoms with E-state index in [4.69, 9.17) is 9.15 Å². The van der Waals surface area contributed by atoms with Crippen LogP contribution in [0.1, 0.15) is 27.4 Å². The zero-order valence-corrected chi connectivity index (χ0v) is 19.8. The highest BCUT2D eigenvalue weighted by atomic mass is 32.2. The van der Waals surface area contributed by atoms with Gasteiger partial charge in [0.25, 0.3) is 5.91 Å². The Morgan fingerprint density at radius 3 is 2.21 bits per heavy atom. The van der Waals surface area contributed by atoms with Gasteiger partial charge in [0.2, 0.25) is 5.89 Å². The number of hydrogen-bond acceptors (Lipinski definition) is 6. The summed E-state index contributed by atoms with van der Waals surface area (Å²) in [5.41, 5.74) is 3.10. The van der Waals surface area contributed by atoms with E-state index in [-0.39, 0.29) is 16.6 Å². The second-order valence-corrected chi connectivity index (χ2v) is 9.84. The average molecular weight is 477 g/mol. The molecule has 3 aromatic carbocycles. The third-order valence-electron chi connectivity index (χ3n) is 5.34. The summed E-state index contributed by atoms with van der Waals surface area (Å²) >= 11 is 0. The maximum absolute atomic E-state index is 12.8. The summed E-state index contributed by atoms with van der Waals surface area (Å²) in [6.07, 6.45) is 0. The Morgan fingerprint density at radius 2 is 1.59 bits per heavy atom. The molecule has 4 aromatic rings. The predicted octanol–water partition coefficient (Wildman–Crippen LogP) is 5.19. The van der Waals surface area contributed by atoms with E-state index in [1.165, 1.54) is 0 Å². The summed E-state index contributed by atoms with van der Waals surface area (Å²) in [5, 5.41) is 2.83. The number of hydrogen-bond donors (Lipinski definition) is 1. The van der Waals surface area contributed by atoms with E-state index in [2.05, 4.69) is 10.3 Å². The standard InChI is InChI=1S/C26H24N2O5S/c1-17-4-14-23(15-5-17)34(30,31)16-24-18(2)33-26(28-24)20-8-6-19(7-9-20)25(29)27-21-10-12-22(32-3)13-11-21/h4-15H,16H2,1-3H3,(H,27,29). The molecule has 8 heteroatoms. The van der Waals surface area contributed by atoms with Gasteiger partial charge in [0.15, 0.2) is 9.84 Å². The largest absolute Gasteiger partial charge is 0.497 e. The smallest absolute Gasteiger partial charge is 0.255 e. The zero-order valence-electron chi connectivity index (χ0n) is 19.0. The van der Waals surface area contributed by atoms with E-state index in [1.54, 1.807) is 86.8 Å². The Balaban J connectivity index is 1.48. The van der Waals surface area contributed by atoms with Crippen LogP contribution in [0.3, 0.4) is 0 Å². The normalized spacial score (nSPS) is 11.3. The molecule has 1 heterocycles. The Bertz CT molecular complexity index is 1410. The monoisotopic (exact) mass is 476 g/mol. The minimum absolute atomic E-state index is 0.245. The van der Waals surface area contributed by atoms with Crippen molar-refractivity contribution in [1.82, 2.24) is 4.98 Å². The lowest BCUT2D eigenvalue weighted by Gasteiger charge is -2.06. The highest BCUT2D eigenvalue weighted by Crippen LogP contribution is 2.25. The summed E-state index contributed by atoms with van der Waals surface area (Å²) in [7, 11) is -1.98. The van der Waals surface area contributed by atoms with Crippen LogP contribution in [0.15, 0.2) is 82.1 Å². The van der Waals surface area contributed by atoms with E-state index >= 15 is 0 Å². The van der Waals surface area contributed by atoms with E-state index in [0.29, 0.717) is 39.9 Å². The first-order valence-corrected chi connectivity index (χ1v) is 12.2. The van der Waals surface area contributed by atoms with Gasteiger partial charge < -0.3 is 14.5 Å². The second kappa shape index (κ2) is 9.52. The van der Waals surface area contributed by atoms with Crippen molar-refractivity contribution in [2.45, 2.75) is 24.5 Å². The molecule has 1 N–H and O–H groups in total. The minimum Gasteiger partial charge on any atom is -0.497 e. The van der Waals surface area contributed by atoms with Gasteiger partial charge in [-0.05, 0) is 74.5 Å². The molecule has 4 rings (SSSR count). The van der Waals surface area contributed by atoms with Crippen LogP contribution in [0.25, 0.3) is 11.5 Å². The van der Waals surface area contributed by atoms with E-state index in [0.717, 1.165) is 5.56 Å². The second-order valence-electron chi connectivity index (χ2n) is 7.85. The fourth-order valence-electron chi connectivity index (χ4n) is 3.34. The van der Waals surface area contributed by atoms with Crippen LogP contribution in [0.2, 0.25) is 0 Å². The lowest BCUT2D eigenvalue weighted by molar-refractivity contribution is 0.102. The number of carbonyl (C=O) groups excluding carboxylic acids is 1. The fraction of sp³-hybridized carbons (Fsp3) is 0.154. The molecule has 34 heavy (non-hydrogen) atoms. The van der Waals surface area contributed by atoms with Crippen LogP contribution in [-0.4, -0.2) is 26.4 Å². The minimum atomic E-state index is -3.56. The maximum atomic E-state index is 12.8. The highest BCUT2D eigenvalue weighted by Gasteiger charge is 2.21. The van der Waals surface area contributed by atoms with Crippen LogP contribution < -0.4 is 10.1 Å². The third kappa shape index (κ3) is 5.18. The number of nitrogens with zero attached hydrogens (tertiary/aromatic N) is 1. The number of aromatic nitrogens is 1. The summed E-state index contributed by atoms with van der Waals surface area (Å²) in [5.74, 6) is 0.925. The molecule has 0 aliphatic carbocycles. The first-order valence-electron chi connectivity index (χ1n) is 10.6. The van der Waals surface area contributed by atoms with Gasteiger partial charge in [-0.1, -0.05) is 17.7 Å². The van der Waals surface area contributed by atoms with Crippen LogP contribution in [0.5, 0.6) is 5.75 Å². The number of aryl methyl sites for hydroxylation is 2. The molecule has 0 unspecified atom stereocenters. The number of amides is 1. The molecule has 0 aliphatic heterocycles.